The second kappa shape index (κ2) is 5.36. The van der Waals surface area contributed by atoms with E-state index in [4.69, 9.17) is 0 Å². The van der Waals surface area contributed by atoms with Gasteiger partial charge in [0.15, 0.2) is 0 Å². The topological polar surface area (TPSA) is 38.3 Å². The standard InChI is InChI=1S/C15H15NO2/c1-11-5-3-6-12(9-11)13-7-4-8-14(10-13)16-15(17)18-2/h3-10H,1-2H3,(H,16,17). The Morgan fingerprint density at radius 1 is 1.06 bits per heavy atom. The lowest BCUT2D eigenvalue weighted by molar-refractivity contribution is 0.187. The molecular formula is C15H15NO2. The van der Waals surface area contributed by atoms with Crippen molar-refractivity contribution in [1.29, 1.82) is 0 Å². The highest BCUT2D eigenvalue weighted by Gasteiger charge is 2.03. The normalized spacial score (nSPS) is 9.89. The molecule has 0 unspecified atom stereocenters. The molecule has 0 aliphatic heterocycles. The minimum Gasteiger partial charge on any atom is -0.453 e. The van der Waals surface area contributed by atoms with Gasteiger partial charge >= 0.3 is 6.09 Å². The highest BCUT2D eigenvalue weighted by Crippen LogP contribution is 2.23. The van der Waals surface area contributed by atoms with E-state index >= 15 is 0 Å². The Balaban J connectivity index is 2.29. The Hall–Kier alpha value is -2.29. The highest BCUT2D eigenvalue weighted by atomic mass is 16.5. The maximum absolute atomic E-state index is 11.1. The lowest BCUT2D eigenvalue weighted by atomic mass is 10.0. The predicted molar refractivity (Wildman–Crippen MR) is 72.6 cm³/mol. The smallest absolute Gasteiger partial charge is 0.411 e. The van der Waals surface area contributed by atoms with Crippen LogP contribution in [0, 0.1) is 6.92 Å². The van der Waals surface area contributed by atoms with Crippen molar-refractivity contribution in [3.63, 3.8) is 0 Å². The van der Waals surface area contributed by atoms with Crippen molar-refractivity contribution < 1.29 is 9.53 Å². The van der Waals surface area contributed by atoms with Gasteiger partial charge in [-0.15, -0.1) is 0 Å². The second-order valence-corrected chi connectivity index (χ2v) is 4.07. The lowest BCUT2D eigenvalue weighted by Gasteiger charge is -2.07. The van der Waals surface area contributed by atoms with Crippen LogP contribution in [0.3, 0.4) is 0 Å². The van der Waals surface area contributed by atoms with Crippen molar-refractivity contribution in [2.75, 3.05) is 12.4 Å². The zero-order valence-electron chi connectivity index (χ0n) is 10.4. The van der Waals surface area contributed by atoms with E-state index in [1.807, 2.05) is 36.4 Å². The number of anilines is 1. The zero-order chi connectivity index (χ0) is 13.0. The van der Waals surface area contributed by atoms with Crippen LogP contribution in [0.2, 0.25) is 0 Å². The molecule has 0 atom stereocenters. The molecule has 2 aromatic rings. The summed E-state index contributed by atoms with van der Waals surface area (Å²) in [6.07, 6.45) is -0.462. The van der Waals surface area contributed by atoms with Crippen LogP contribution in [0.25, 0.3) is 11.1 Å². The van der Waals surface area contributed by atoms with Gasteiger partial charge in [-0.25, -0.2) is 4.79 Å². The van der Waals surface area contributed by atoms with Crippen molar-refractivity contribution >= 4 is 11.8 Å². The van der Waals surface area contributed by atoms with E-state index in [9.17, 15) is 4.79 Å². The van der Waals surface area contributed by atoms with Crippen LogP contribution in [-0.2, 0) is 4.74 Å². The molecule has 92 valence electrons. The molecule has 3 nitrogen and oxygen atoms in total. The van der Waals surface area contributed by atoms with Crippen molar-refractivity contribution in [2.24, 2.45) is 0 Å². The maximum Gasteiger partial charge on any atom is 0.411 e. The van der Waals surface area contributed by atoms with Gasteiger partial charge in [-0.1, -0.05) is 42.0 Å². The summed E-state index contributed by atoms with van der Waals surface area (Å²) in [7, 11) is 1.35. The quantitative estimate of drug-likeness (QED) is 0.867. The first-order chi connectivity index (χ1) is 8.69. The Morgan fingerprint density at radius 3 is 2.39 bits per heavy atom. The lowest BCUT2D eigenvalue weighted by Crippen LogP contribution is -2.10. The van der Waals surface area contributed by atoms with Gasteiger partial charge in [-0.05, 0) is 30.2 Å². The first kappa shape index (κ1) is 12.2. The number of amides is 1. The number of benzene rings is 2. The molecular weight excluding hydrogens is 226 g/mol. The van der Waals surface area contributed by atoms with E-state index in [2.05, 4.69) is 29.1 Å². The molecule has 0 aliphatic carbocycles. The van der Waals surface area contributed by atoms with Crippen LogP contribution in [0.4, 0.5) is 10.5 Å². The molecule has 2 aromatic carbocycles. The number of methoxy groups -OCH3 is 1. The van der Waals surface area contributed by atoms with Crippen molar-refractivity contribution in [3.05, 3.63) is 54.1 Å². The van der Waals surface area contributed by atoms with Gasteiger partial charge in [0.2, 0.25) is 0 Å². The number of ether oxygens (including phenoxy) is 1. The summed E-state index contributed by atoms with van der Waals surface area (Å²) in [6.45, 7) is 2.06. The molecule has 0 saturated heterocycles. The van der Waals surface area contributed by atoms with Gasteiger partial charge < -0.3 is 4.74 Å². The summed E-state index contributed by atoms with van der Waals surface area (Å²) in [6, 6.07) is 15.9. The van der Waals surface area contributed by atoms with E-state index in [0.29, 0.717) is 0 Å². The van der Waals surface area contributed by atoms with E-state index in [0.717, 1.165) is 16.8 Å². The fourth-order valence-corrected chi connectivity index (χ4v) is 1.77. The van der Waals surface area contributed by atoms with E-state index in [1.54, 1.807) is 0 Å². The Bertz CT molecular complexity index is 564. The molecule has 0 fully saturated rings. The molecule has 0 bridgehead atoms. The Labute approximate surface area is 106 Å². The van der Waals surface area contributed by atoms with Crippen molar-refractivity contribution in [3.8, 4) is 11.1 Å². The summed E-state index contributed by atoms with van der Waals surface area (Å²) < 4.78 is 4.57. The summed E-state index contributed by atoms with van der Waals surface area (Å²) in [5, 5.41) is 2.66. The Morgan fingerprint density at radius 2 is 1.72 bits per heavy atom. The third-order valence-corrected chi connectivity index (χ3v) is 2.65. The fraction of sp³-hybridized carbons (Fsp3) is 0.133. The molecule has 1 amide bonds. The summed E-state index contributed by atoms with van der Waals surface area (Å²) in [5.41, 5.74) is 4.12. The van der Waals surface area contributed by atoms with Crippen molar-refractivity contribution in [1.82, 2.24) is 0 Å². The van der Waals surface area contributed by atoms with Gasteiger partial charge in [0.05, 0.1) is 7.11 Å². The molecule has 1 N–H and O–H groups in total. The number of carbonyl (C=O) groups excluding carboxylic acids is 1. The van der Waals surface area contributed by atoms with Crippen molar-refractivity contribution in [2.45, 2.75) is 6.92 Å². The number of hydrogen-bond donors (Lipinski definition) is 1. The molecule has 2 rings (SSSR count). The molecule has 3 heteroatoms. The van der Waals surface area contributed by atoms with Gasteiger partial charge in [0, 0.05) is 5.69 Å². The second-order valence-electron chi connectivity index (χ2n) is 4.07. The zero-order valence-corrected chi connectivity index (χ0v) is 10.4. The minimum atomic E-state index is -0.462. The van der Waals surface area contributed by atoms with E-state index in [-0.39, 0.29) is 0 Å². The highest BCUT2D eigenvalue weighted by molar-refractivity contribution is 5.85. The molecule has 0 aliphatic rings. The third kappa shape index (κ3) is 2.88. The van der Waals surface area contributed by atoms with E-state index < -0.39 is 6.09 Å². The summed E-state index contributed by atoms with van der Waals surface area (Å²) in [4.78, 5) is 11.1. The largest absolute Gasteiger partial charge is 0.453 e. The van der Waals surface area contributed by atoms with Crippen LogP contribution < -0.4 is 5.32 Å². The van der Waals surface area contributed by atoms with Crippen LogP contribution >= 0.6 is 0 Å². The molecule has 0 heterocycles. The number of aryl methyl sites for hydroxylation is 1. The average molecular weight is 241 g/mol. The number of hydrogen-bond acceptors (Lipinski definition) is 2. The van der Waals surface area contributed by atoms with Gasteiger partial charge in [-0.2, -0.15) is 0 Å². The first-order valence-corrected chi connectivity index (χ1v) is 5.71. The summed E-state index contributed by atoms with van der Waals surface area (Å²) in [5.74, 6) is 0. The molecule has 0 saturated carbocycles. The SMILES string of the molecule is COC(=O)Nc1cccc(-c2cccc(C)c2)c1. The molecule has 0 radical (unpaired) electrons. The van der Waals surface area contributed by atoms with Crippen LogP contribution in [0.15, 0.2) is 48.5 Å². The summed E-state index contributed by atoms with van der Waals surface area (Å²) >= 11 is 0. The first-order valence-electron chi connectivity index (χ1n) is 5.71. The number of nitrogens with one attached hydrogen (secondary N) is 1. The molecule has 0 aromatic heterocycles. The average Bonchev–Trinajstić information content (AvgIpc) is 2.39. The number of rotatable bonds is 2. The van der Waals surface area contributed by atoms with Gasteiger partial charge in [-0.3, -0.25) is 5.32 Å². The predicted octanol–water partition coefficient (Wildman–Crippen LogP) is 3.84. The number of carbonyl (C=O) groups is 1. The fourth-order valence-electron chi connectivity index (χ4n) is 1.77. The monoisotopic (exact) mass is 241 g/mol. The third-order valence-electron chi connectivity index (χ3n) is 2.65. The van der Waals surface area contributed by atoms with Gasteiger partial charge in [0.25, 0.3) is 0 Å². The maximum atomic E-state index is 11.1. The van der Waals surface area contributed by atoms with Crippen LogP contribution in [0.5, 0.6) is 0 Å². The van der Waals surface area contributed by atoms with Gasteiger partial charge in [0.1, 0.15) is 0 Å². The molecule has 0 spiro atoms. The minimum absolute atomic E-state index is 0.462. The van der Waals surface area contributed by atoms with E-state index in [1.165, 1.54) is 12.7 Å². The molecule has 18 heavy (non-hydrogen) atoms. The van der Waals surface area contributed by atoms with Crippen LogP contribution in [-0.4, -0.2) is 13.2 Å². The van der Waals surface area contributed by atoms with Crippen LogP contribution in [0.1, 0.15) is 5.56 Å². The Kier molecular flexibility index (Phi) is 3.63.